The van der Waals surface area contributed by atoms with E-state index in [0.29, 0.717) is 31.6 Å². The Hall–Kier alpha value is -2.88. The fourth-order valence-electron chi connectivity index (χ4n) is 4.58. The topological polar surface area (TPSA) is 55.4 Å². The summed E-state index contributed by atoms with van der Waals surface area (Å²) in [4.78, 5) is 24.9. The van der Waals surface area contributed by atoms with Gasteiger partial charge in [-0.1, -0.05) is 54.1 Å². The molecule has 0 unspecified atom stereocenters. The molecule has 0 bridgehead atoms. The second-order valence-corrected chi connectivity index (χ2v) is 8.45. The molecule has 4 nitrogen and oxygen atoms in total. The third-order valence-corrected chi connectivity index (χ3v) is 6.26. The van der Waals surface area contributed by atoms with E-state index in [0.717, 1.165) is 24.0 Å². The minimum Gasteiger partial charge on any atom is -0.465 e. The number of esters is 1. The number of allylic oxidation sites excluding steroid dienone is 1. The maximum atomic E-state index is 12.4. The summed E-state index contributed by atoms with van der Waals surface area (Å²) >= 11 is 0. The Morgan fingerprint density at radius 2 is 1.83 bits per heavy atom. The number of rotatable bonds is 6. The largest absolute Gasteiger partial charge is 0.465 e. The molecule has 0 aromatic heterocycles. The molecule has 1 amide bonds. The second-order valence-electron chi connectivity index (χ2n) is 8.45. The first-order valence-electron chi connectivity index (χ1n) is 10.2. The van der Waals surface area contributed by atoms with Crippen LogP contribution in [0.25, 0.3) is 0 Å². The van der Waals surface area contributed by atoms with E-state index in [1.165, 1.54) is 11.1 Å². The van der Waals surface area contributed by atoms with Gasteiger partial charge in [0.15, 0.2) is 0 Å². The molecule has 2 atom stereocenters. The highest BCUT2D eigenvalue weighted by Crippen LogP contribution is 2.52. The molecule has 1 saturated heterocycles. The lowest BCUT2D eigenvalue weighted by atomic mass is 9.75. The third kappa shape index (κ3) is 3.98. The summed E-state index contributed by atoms with van der Waals surface area (Å²) in [5.74, 6) is 0.0561. The monoisotopic (exact) mass is 389 g/mol. The molecule has 1 aliphatic carbocycles. The minimum absolute atomic E-state index is 0.0748. The summed E-state index contributed by atoms with van der Waals surface area (Å²) in [7, 11) is 0. The van der Waals surface area contributed by atoms with E-state index in [9.17, 15) is 9.59 Å². The van der Waals surface area contributed by atoms with Crippen molar-refractivity contribution < 1.29 is 14.3 Å². The van der Waals surface area contributed by atoms with Crippen LogP contribution in [0.1, 0.15) is 39.9 Å². The van der Waals surface area contributed by atoms with E-state index in [1.54, 1.807) is 0 Å². The molecule has 4 rings (SSSR count). The molecule has 2 aliphatic rings. The van der Waals surface area contributed by atoms with E-state index in [-0.39, 0.29) is 17.8 Å². The zero-order chi connectivity index (χ0) is 20.4. The predicted molar refractivity (Wildman–Crippen MR) is 113 cm³/mol. The van der Waals surface area contributed by atoms with Crippen LogP contribution in [0.2, 0.25) is 0 Å². The average Bonchev–Trinajstić information content (AvgIpc) is 3.18. The number of carbonyl (C=O) groups is 2. The molecule has 29 heavy (non-hydrogen) atoms. The van der Waals surface area contributed by atoms with E-state index in [2.05, 4.69) is 43.1 Å². The van der Waals surface area contributed by atoms with Crippen LogP contribution >= 0.6 is 0 Å². The van der Waals surface area contributed by atoms with Crippen molar-refractivity contribution in [1.29, 1.82) is 0 Å². The molecular weight excluding hydrogens is 362 g/mol. The molecule has 0 radical (unpaired) electrons. The number of hydrogen-bond donors (Lipinski definition) is 1. The molecule has 1 N–H and O–H groups in total. The fraction of sp³-hybridized carbons (Fsp3) is 0.360. The lowest BCUT2D eigenvalue weighted by Gasteiger charge is -2.24. The van der Waals surface area contributed by atoms with Crippen LogP contribution < -0.4 is 5.32 Å². The molecule has 1 saturated carbocycles. The molecular formula is C25H27NO3. The fourth-order valence-corrected chi connectivity index (χ4v) is 4.58. The van der Waals surface area contributed by atoms with Crippen molar-refractivity contribution in [3.63, 3.8) is 0 Å². The SMILES string of the molecule is C=C1C[C@@H]2COC(=O)[C@]2(Cc2ccc(C(=O)NCCc3ccc(C)cc3)cc2)C1. The van der Waals surface area contributed by atoms with Crippen molar-refractivity contribution in [3.05, 3.63) is 82.9 Å². The van der Waals surface area contributed by atoms with Crippen LogP contribution in [0.3, 0.4) is 0 Å². The third-order valence-electron chi connectivity index (χ3n) is 6.26. The number of cyclic esters (lactones) is 1. The Bertz CT molecular complexity index is 930. The van der Waals surface area contributed by atoms with Gasteiger partial charge in [0.1, 0.15) is 0 Å². The van der Waals surface area contributed by atoms with Gasteiger partial charge in [0.05, 0.1) is 12.0 Å². The summed E-state index contributed by atoms with van der Waals surface area (Å²) in [5.41, 5.74) is 4.81. The van der Waals surface area contributed by atoms with Gasteiger partial charge in [-0.3, -0.25) is 9.59 Å². The van der Waals surface area contributed by atoms with Crippen molar-refractivity contribution in [1.82, 2.24) is 5.32 Å². The maximum Gasteiger partial charge on any atom is 0.313 e. The standard InChI is InChI=1S/C25H27NO3/c1-17-3-5-19(6-4-17)11-12-26-23(27)21-9-7-20(8-10-21)15-25-14-18(2)13-22(25)16-29-24(25)28/h3-10,22H,2,11-16H2,1H3,(H,26,27)/t22-,25+/m1/s1. The van der Waals surface area contributed by atoms with E-state index in [4.69, 9.17) is 4.74 Å². The van der Waals surface area contributed by atoms with Crippen molar-refractivity contribution >= 4 is 11.9 Å². The predicted octanol–water partition coefficient (Wildman–Crippen LogP) is 4.02. The van der Waals surface area contributed by atoms with Gasteiger partial charge in [0.2, 0.25) is 0 Å². The number of nitrogens with one attached hydrogen (secondary N) is 1. The number of carbonyl (C=O) groups excluding carboxylic acids is 2. The normalized spacial score (nSPS) is 23.0. The first kappa shape index (κ1) is 19.4. The minimum atomic E-state index is -0.463. The Kier molecular flexibility index (Phi) is 5.27. The lowest BCUT2D eigenvalue weighted by Crippen LogP contribution is -2.31. The van der Waals surface area contributed by atoms with Gasteiger partial charge in [0.25, 0.3) is 5.91 Å². The summed E-state index contributed by atoms with van der Waals surface area (Å²) in [5, 5.41) is 2.98. The summed E-state index contributed by atoms with van der Waals surface area (Å²) < 4.78 is 5.35. The maximum absolute atomic E-state index is 12.4. The zero-order valence-corrected chi connectivity index (χ0v) is 16.9. The Labute approximate surface area is 172 Å². The molecule has 2 aromatic carbocycles. The van der Waals surface area contributed by atoms with Gasteiger partial charge in [-0.25, -0.2) is 0 Å². The van der Waals surface area contributed by atoms with Crippen molar-refractivity contribution in [2.24, 2.45) is 11.3 Å². The zero-order valence-electron chi connectivity index (χ0n) is 16.9. The first-order valence-corrected chi connectivity index (χ1v) is 10.2. The van der Waals surface area contributed by atoms with Crippen LogP contribution in [-0.4, -0.2) is 25.0 Å². The van der Waals surface area contributed by atoms with E-state index in [1.807, 2.05) is 24.3 Å². The number of hydrogen-bond acceptors (Lipinski definition) is 3. The van der Waals surface area contributed by atoms with Crippen LogP contribution in [0.15, 0.2) is 60.7 Å². The highest BCUT2D eigenvalue weighted by molar-refractivity contribution is 5.94. The van der Waals surface area contributed by atoms with Crippen molar-refractivity contribution in [3.8, 4) is 0 Å². The van der Waals surface area contributed by atoms with Crippen molar-refractivity contribution in [2.45, 2.75) is 32.6 Å². The first-order chi connectivity index (χ1) is 14.0. The Morgan fingerprint density at radius 1 is 1.14 bits per heavy atom. The lowest BCUT2D eigenvalue weighted by molar-refractivity contribution is -0.146. The Morgan fingerprint density at radius 3 is 2.55 bits per heavy atom. The van der Waals surface area contributed by atoms with Crippen molar-refractivity contribution in [2.75, 3.05) is 13.2 Å². The van der Waals surface area contributed by atoms with Crippen LogP contribution in [0.5, 0.6) is 0 Å². The van der Waals surface area contributed by atoms with Gasteiger partial charge >= 0.3 is 5.97 Å². The van der Waals surface area contributed by atoms with Gasteiger partial charge in [-0.05, 0) is 55.9 Å². The van der Waals surface area contributed by atoms with Crippen LogP contribution in [0, 0.1) is 18.3 Å². The van der Waals surface area contributed by atoms with Gasteiger partial charge in [-0.2, -0.15) is 0 Å². The van der Waals surface area contributed by atoms with Gasteiger partial charge in [-0.15, -0.1) is 0 Å². The molecule has 1 aliphatic heterocycles. The van der Waals surface area contributed by atoms with E-state index < -0.39 is 5.41 Å². The molecule has 0 spiro atoms. The molecule has 2 fully saturated rings. The quantitative estimate of drug-likeness (QED) is 0.600. The number of benzene rings is 2. The summed E-state index contributed by atoms with van der Waals surface area (Å²) in [6.07, 6.45) is 3.02. The summed E-state index contributed by atoms with van der Waals surface area (Å²) in [6, 6.07) is 15.9. The highest BCUT2D eigenvalue weighted by atomic mass is 16.5. The second kappa shape index (κ2) is 7.86. The van der Waals surface area contributed by atoms with Crippen LogP contribution in [0.4, 0.5) is 0 Å². The molecule has 1 heterocycles. The van der Waals surface area contributed by atoms with Gasteiger partial charge in [0, 0.05) is 18.0 Å². The molecule has 150 valence electrons. The van der Waals surface area contributed by atoms with Crippen LogP contribution in [-0.2, 0) is 22.4 Å². The summed E-state index contributed by atoms with van der Waals surface area (Å²) in [6.45, 7) is 7.25. The Balaban J connectivity index is 1.35. The molecule has 4 heteroatoms. The molecule has 2 aromatic rings. The highest BCUT2D eigenvalue weighted by Gasteiger charge is 2.55. The number of fused-ring (bicyclic) bond motifs is 1. The smallest absolute Gasteiger partial charge is 0.313 e. The number of amides is 1. The average molecular weight is 389 g/mol. The van der Waals surface area contributed by atoms with E-state index >= 15 is 0 Å². The number of aryl methyl sites for hydroxylation is 1. The van der Waals surface area contributed by atoms with Gasteiger partial charge < -0.3 is 10.1 Å². The number of ether oxygens (including phenoxy) is 1.